The van der Waals surface area contributed by atoms with Crippen LogP contribution >= 0.6 is 11.9 Å². The summed E-state index contributed by atoms with van der Waals surface area (Å²) in [5.41, 5.74) is 1.07. The molecule has 0 bridgehead atoms. The van der Waals surface area contributed by atoms with Gasteiger partial charge in [0.05, 0.1) is 10.9 Å². The van der Waals surface area contributed by atoms with Gasteiger partial charge < -0.3 is 4.42 Å². The minimum absolute atomic E-state index is 0.342. The first kappa shape index (κ1) is 12.9. The van der Waals surface area contributed by atoms with Crippen LogP contribution in [0.15, 0.2) is 62.6 Å². The summed E-state index contributed by atoms with van der Waals surface area (Å²) in [5, 5.41) is 0.499. The molecule has 0 aliphatic rings. The third kappa shape index (κ3) is 2.45. The quantitative estimate of drug-likeness (QED) is 0.749. The lowest BCUT2D eigenvalue weighted by Gasteiger charge is -2.03. The van der Waals surface area contributed by atoms with E-state index in [4.69, 9.17) is 4.42 Å². The maximum Gasteiger partial charge on any atom is 0.347 e. The van der Waals surface area contributed by atoms with Gasteiger partial charge in [0, 0.05) is 10.5 Å². The second kappa shape index (κ2) is 5.48. The van der Waals surface area contributed by atoms with Gasteiger partial charge in [-0.25, -0.2) is 9.78 Å². The average Bonchev–Trinajstić information content (AvgIpc) is 2.48. The van der Waals surface area contributed by atoms with E-state index in [0.717, 1.165) is 10.5 Å². The molecule has 0 saturated heterocycles. The molecule has 0 unspecified atom stereocenters. The molecular weight excluding hydrogens is 272 g/mol. The van der Waals surface area contributed by atoms with Crippen molar-refractivity contribution in [1.82, 2.24) is 9.71 Å². The van der Waals surface area contributed by atoms with Crippen LogP contribution in [0.2, 0.25) is 0 Å². The maximum atomic E-state index is 11.9. The van der Waals surface area contributed by atoms with Crippen molar-refractivity contribution in [1.29, 1.82) is 0 Å². The normalized spacial score (nSPS) is 10.8. The zero-order chi connectivity index (χ0) is 13.9. The van der Waals surface area contributed by atoms with Gasteiger partial charge in [-0.1, -0.05) is 12.1 Å². The van der Waals surface area contributed by atoms with Gasteiger partial charge in [-0.05, 0) is 55.4 Å². The molecule has 0 radical (unpaired) electrons. The summed E-state index contributed by atoms with van der Waals surface area (Å²) in [6.45, 7) is 0. The highest BCUT2D eigenvalue weighted by molar-refractivity contribution is 7.97. The van der Waals surface area contributed by atoms with Crippen LogP contribution in [0.25, 0.3) is 22.4 Å². The molecule has 5 heteroatoms. The number of para-hydroxylation sites is 1. The largest absolute Gasteiger partial charge is 0.403 e. The van der Waals surface area contributed by atoms with Crippen LogP contribution in [0.4, 0.5) is 0 Å². The first-order chi connectivity index (χ1) is 9.78. The molecule has 0 spiro atoms. The molecule has 0 saturated carbocycles. The van der Waals surface area contributed by atoms with Crippen LogP contribution in [-0.4, -0.2) is 12.0 Å². The summed E-state index contributed by atoms with van der Waals surface area (Å²) in [6, 6.07) is 14.8. The van der Waals surface area contributed by atoms with Gasteiger partial charge >= 0.3 is 5.63 Å². The SMILES string of the molecule is CNSc1ccc(-c2nc3ccccc3c(=O)o2)cc1. The highest BCUT2D eigenvalue weighted by Crippen LogP contribution is 2.22. The van der Waals surface area contributed by atoms with Gasteiger partial charge in [0.15, 0.2) is 0 Å². The Bertz CT molecular complexity index is 797. The molecule has 20 heavy (non-hydrogen) atoms. The van der Waals surface area contributed by atoms with Crippen molar-refractivity contribution in [2.24, 2.45) is 0 Å². The van der Waals surface area contributed by atoms with Gasteiger partial charge in [-0.3, -0.25) is 4.72 Å². The molecule has 1 N–H and O–H groups in total. The van der Waals surface area contributed by atoms with Gasteiger partial charge in [0.2, 0.25) is 5.89 Å². The molecule has 0 atom stereocenters. The summed E-state index contributed by atoms with van der Waals surface area (Å²) in [7, 11) is 1.86. The highest BCUT2D eigenvalue weighted by atomic mass is 32.2. The Hall–Kier alpha value is -2.11. The van der Waals surface area contributed by atoms with E-state index in [1.807, 2.05) is 37.4 Å². The summed E-state index contributed by atoms with van der Waals surface area (Å²) in [6.07, 6.45) is 0. The van der Waals surface area contributed by atoms with Crippen molar-refractivity contribution < 1.29 is 4.42 Å². The van der Waals surface area contributed by atoms with Crippen LogP contribution in [0.1, 0.15) is 0 Å². The van der Waals surface area contributed by atoms with E-state index in [0.29, 0.717) is 16.8 Å². The molecule has 0 amide bonds. The van der Waals surface area contributed by atoms with Crippen LogP contribution in [-0.2, 0) is 0 Å². The Morgan fingerprint density at radius 2 is 1.85 bits per heavy atom. The van der Waals surface area contributed by atoms with Gasteiger partial charge in [-0.15, -0.1) is 0 Å². The number of nitrogens with one attached hydrogen (secondary N) is 1. The summed E-state index contributed by atoms with van der Waals surface area (Å²) >= 11 is 1.52. The molecule has 0 aliphatic heterocycles. The third-order valence-electron chi connectivity index (χ3n) is 2.86. The van der Waals surface area contributed by atoms with Gasteiger partial charge in [0.25, 0.3) is 0 Å². The standard InChI is InChI=1S/C15H12N2O2S/c1-16-20-11-8-6-10(7-9-11)14-17-13-5-3-2-4-12(13)15(18)19-14/h2-9,16H,1H3. The maximum absolute atomic E-state index is 11.9. The molecule has 100 valence electrons. The van der Waals surface area contributed by atoms with Gasteiger partial charge in [-0.2, -0.15) is 0 Å². The fourth-order valence-electron chi connectivity index (χ4n) is 1.93. The Morgan fingerprint density at radius 1 is 1.10 bits per heavy atom. The number of hydrogen-bond acceptors (Lipinski definition) is 5. The average molecular weight is 284 g/mol. The summed E-state index contributed by atoms with van der Waals surface area (Å²) < 4.78 is 8.29. The number of rotatable bonds is 3. The number of aromatic nitrogens is 1. The Morgan fingerprint density at radius 3 is 2.60 bits per heavy atom. The van der Waals surface area contributed by atoms with Crippen molar-refractivity contribution in [3.05, 3.63) is 59.0 Å². The van der Waals surface area contributed by atoms with E-state index in [-0.39, 0.29) is 5.63 Å². The summed E-state index contributed by atoms with van der Waals surface area (Å²) in [4.78, 5) is 17.4. The number of benzene rings is 2. The smallest absolute Gasteiger partial charge is 0.347 e. The van der Waals surface area contributed by atoms with Crippen molar-refractivity contribution in [3.8, 4) is 11.5 Å². The number of hydrogen-bond donors (Lipinski definition) is 1. The molecule has 3 aromatic rings. The molecule has 1 heterocycles. The van der Waals surface area contributed by atoms with Crippen molar-refractivity contribution in [2.45, 2.75) is 4.90 Å². The monoisotopic (exact) mass is 284 g/mol. The first-order valence-electron chi connectivity index (χ1n) is 6.12. The molecular formula is C15H12N2O2S. The molecule has 1 aromatic heterocycles. The van der Waals surface area contributed by atoms with Crippen LogP contribution < -0.4 is 10.3 Å². The second-order valence-electron chi connectivity index (χ2n) is 4.15. The van der Waals surface area contributed by atoms with Crippen molar-refractivity contribution >= 4 is 22.9 Å². The minimum atomic E-state index is -0.362. The lowest BCUT2D eigenvalue weighted by Crippen LogP contribution is -2.02. The van der Waals surface area contributed by atoms with Crippen LogP contribution in [0.5, 0.6) is 0 Å². The second-order valence-corrected chi connectivity index (χ2v) is 5.24. The molecule has 2 aromatic carbocycles. The molecule has 0 fully saturated rings. The summed E-state index contributed by atoms with van der Waals surface area (Å²) in [5.74, 6) is 0.342. The predicted molar refractivity (Wildman–Crippen MR) is 80.6 cm³/mol. The van der Waals surface area contributed by atoms with Crippen molar-refractivity contribution in [2.75, 3.05) is 7.05 Å². The van der Waals surface area contributed by atoms with E-state index in [1.54, 1.807) is 18.2 Å². The van der Waals surface area contributed by atoms with E-state index in [9.17, 15) is 4.79 Å². The lowest BCUT2D eigenvalue weighted by atomic mass is 10.2. The van der Waals surface area contributed by atoms with E-state index in [1.165, 1.54) is 11.9 Å². The van der Waals surface area contributed by atoms with Crippen LogP contribution in [0, 0.1) is 0 Å². The molecule has 0 aliphatic carbocycles. The number of nitrogens with zero attached hydrogens (tertiary/aromatic N) is 1. The Labute approximate surface area is 120 Å². The fourth-order valence-corrected chi connectivity index (χ4v) is 2.43. The zero-order valence-electron chi connectivity index (χ0n) is 10.8. The lowest BCUT2D eigenvalue weighted by molar-refractivity contribution is 0.518. The first-order valence-corrected chi connectivity index (χ1v) is 6.93. The molecule has 3 rings (SSSR count). The Kier molecular flexibility index (Phi) is 3.54. The predicted octanol–water partition coefficient (Wildman–Crippen LogP) is 3.08. The van der Waals surface area contributed by atoms with E-state index >= 15 is 0 Å². The van der Waals surface area contributed by atoms with Crippen molar-refractivity contribution in [3.63, 3.8) is 0 Å². The van der Waals surface area contributed by atoms with Crippen LogP contribution in [0.3, 0.4) is 0 Å². The zero-order valence-corrected chi connectivity index (χ0v) is 11.6. The van der Waals surface area contributed by atoms with E-state index < -0.39 is 0 Å². The third-order valence-corrected chi connectivity index (χ3v) is 3.57. The minimum Gasteiger partial charge on any atom is -0.403 e. The number of fused-ring (bicyclic) bond motifs is 1. The van der Waals surface area contributed by atoms with E-state index in [2.05, 4.69) is 9.71 Å². The topological polar surface area (TPSA) is 55.1 Å². The fraction of sp³-hybridized carbons (Fsp3) is 0.0667. The molecule has 4 nitrogen and oxygen atoms in total. The Balaban J connectivity index is 2.07. The van der Waals surface area contributed by atoms with Gasteiger partial charge in [0.1, 0.15) is 0 Å². The highest BCUT2D eigenvalue weighted by Gasteiger charge is 2.07.